The predicted molar refractivity (Wildman–Crippen MR) is 95.1 cm³/mol. The number of amides is 1. The van der Waals surface area contributed by atoms with Crippen LogP contribution in [0.2, 0.25) is 0 Å². The number of carbonyl (C=O) groups excluding carboxylic acids is 1. The molecule has 2 aromatic heterocycles. The zero-order valence-corrected chi connectivity index (χ0v) is 14.4. The molecule has 1 amide bonds. The summed E-state index contributed by atoms with van der Waals surface area (Å²) < 4.78 is 14.3. The number of rotatable bonds is 7. The summed E-state index contributed by atoms with van der Waals surface area (Å²) in [5, 5.41) is 21.3. The fourth-order valence-electron chi connectivity index (χ4n) is 2.39. The zero-order valence-electron chi connectivity index (χ0n) is 14.4. The molecule has 0 aliphatic carbocycles. The van der Waals surface area contributed by atoms with Gasteiger partial charge in [-0.2, -0.15) is 0 Å². The van der Waals surface area contributed by atoms with Crippen molar-refractivity contribution in [3.05, 3.63) is 41.5 Å². The van der Waals surface area contributed by atoms with Gasteiger partial charge in [0.15, 0.2) is 17.0 Å². The Bertz CT molecular complexity index is 975. The molecule has 3 rings (SSSR count). The average molecular weight is 375 g/mol. The normalized spacial score (nSPS) is 10.9. The SMILES string of the molecule is CCc1ccc(Nc2nc3c(O)[nH]cc3nc2C(=O)NOCCO)c(F)c1. The Morgan fingerprint density at radius 2 is 2.19 bits per heavy atom. The molecule has 5 N–H and O–H groups in total. The van der Waals surface area contributed by atoms with E-state index in [1.807, 2.05) is 6.92 Å². The molecule has 9 nitrogen and oxygen atoms in total. The van der Waals surface area contributed by atoms with Gasteiger partial charge in [0.2, 0.25) is 5.88 Å². The standard InChI is InChI=1S/C17H18FN5O4/c1-2-9-3-4-11(10(18)7-9)21-15-14(17(26)23-27-6-5-24)20-12-8-19-16(25)13(12)22-15/h3-4,7-8,19,24-25H,2,5-6H2,1H3,(H,21,22)(H,23,26). The van der Waals surface area contributed by atoms with E-state index in [1.54, 1.807) is 6.07 Å². The van der Waals surface area contributed by atoms with E-state index in [9.17, 15) is 14.3 Å². The van der Waals surface area contributed by atoms with Gasteiger partial charge in [0.25, 0.3) is 5.91 Å². The smallest absolute Gasteiger partial charge is 0.297 e. The first-order valence-corrected chi connectivity index (χ1v) is 8.20. The minimum Gasteiger partial charge on any atom is -0.493 e. The summed E-state index contributed by atoms with van der Waals surface area (Å²) in [6, 6.07) is 4.66. The van der Waals surface area contributed by atoms with E-state index >= 15 is 0 Å². The maximum absolute atomic E-state index is 14.3. The molecule has 0 saturated heterocycles. The van der Waals surface area contributed by atoms with Crippen LogP contribution in [0, 0.1) is 5.82 Å². The Hall–Kier alpha value is -3.24. The molecule has 0 bridgehead atoms. The van der Waals surface area contributed by atoms with E-state index in [1.165, 1.54) is 18.3 Å². The number of aromatic amines is 1. The predicted octanol–water partition coefficient (Wildman–Crippen LogP) is 1.76. The molecule has 10 heteroatoms. The van der Waals surface area contributed by atoms with Crippen molar-refractivity contribution >= 4 is 28.4 Å². The number of aryl methyl sites for hydroxylation is 1. The van der Waals surface area contributed by atoms with Crippen LogP contribution in [-0.4, -0.2) is 44.3 Å². The molecule has 0 fully saturated rings. The number of hydrogen-bond acceptors (Lipinski definition) is 7. The Labute approximate surface area is 153 Å². The molecule has 0 atom stereocenters. The van der Waals surface area contributed by atoms with Crippen LogP contribution in [0.5, 0.6) is 5.88 Å². The number of fused-ring (bicyclic) bond motifs is 1. The summed E-state index contributed by atoms with van der Waals surface area (Å²) in [6.07, 6.45) is 2.06. The first-order chi connectivity index (χ1) is 13.0. The number of anilines is 2. The van der Waals surface area contributed by atoms with Gasteiger partial charge in [0, 0.05) is 6.20 Å². The van der Waals surface area contributed by atoms with Gasteiger partial charge < -0.3 is 20.5 Å². The summed E-state index contributed by atoms with van der Waals surface area (Å²) >= 11 is 0. The van der Waals surface area contributed by atoms with Crippen LogP contribution in [0.25, 0.3) is 11.0 Å². The highest BCUT2D eigenvalue weighted by Crippen LogP contribution is 2.27. The second kappa shape index (κ2) is 7.98. The third-order valence-electron chi connectivity index (χ3n) is 3.76. The van der Waals surface area contributed by atoms with Gasteiger partial charge in [0.1, 0.15) is 11.3 Å². The number of H-pyrrole nitrogens is 1. The van der Waals surface area contributed by atoms with E-state index < -0.39 is 11.7 Å². The summed E-state index contributed by atoms with van der Waals surface area (Å²) in [4.78, 5) is 28.0. The molecule has 1 aromatic carbocycles. The van der Waals surface area contributed by atoms with Crippen LogP contribution in [0.3, 0.4) is 0 Å². The van der Waals surface area contributed by atoms with Crippen LogP contribution in [0.4, 0.5) is 15.9 Å². The number of aliphatic hydroxyl groups is 1. The van der Waals surface area contributed by atoms with Crippen molar-refractivity contribution in [3.63, 3.8) is 0 Å². The summed E-state index contributed by atoms with van der Waals surface area (Å²) in [5.74, 6) is -1.56. The van der Waals surface area contributed by atoms with Crippen molar-refractivity contribution in [1.82, 2.24) is 20.4 Å². The molecule has 0 aliphatic rings. The van der Waals surface area contributed by atoms with Crippen molar-refractivity contribution in [2.45, 2.75) is 13.3 Å². The van der Waals surface area contributed by atoms with Crippen LogP contribution in [-0.2, 0) is 11.3 Å². The van der Waals surface area contributed by atoms with E-state index in [-0.39, 0.29) is 47.3 Å². The number of nitrogens with zero attached hydrogens (tertiary/aromatic N) is 2. The van der Waals surface area contributed by atoms with Crippen LogP contribution >= 0.6 is 0 Å². The molecule has 2 heterocycles. The topological polar surface area (TPSA) is 132 Å². The minimum atomic E-state index is -0.744. The van der Waals surface area contributed by atoms with Gasteiger partial charge in [0.05, 0.1) is 18.9 Å². The number of aromatic hydroxyl groups is 1. The minimum absolute atomic E-state index is 0.0642. The monoisotopic (exact) mass is 375 g/mol. The third kappa shape index (κ3) is 3.96. The quantitative estimate of drug-likeness (QED) is 0.314. The highest BCUT2D eigenvalue weighted by Gasteiger charge is 2.20. The van der Waals surface area contributed by atoms with Crippen LogP contribution in [0.15, 0.2) is 24.4 Å². The number of hydroxylamine groups is 1. The number of aliphatic hydroxyl groups excluding tert-OH is 1. The molecular formula is C17H18FN5O4. The summed E-state index contributed by atoms with van der Waals surface area (Å²) in [7, 11) is 0. The van der Waals surface area contributed by atoms with Crippen molar-refractivity contribution in [3.8, 4) is 5.88 Å². The first kappa shape index (κ1) is 18.5. The fourth-order valence-corrected chi connectivity index (χ4v) is 2.39. The summed E-state index contributed by atoms with van der Waals surface area (Å²) in [6.45, 7) is 1.52. The van der Waals surface area contributed by atoms with Gasteiger partial charge >= 0.3 is 0 Å². The van der Waals surface area contributed by atoms with Gasteiger partial charge in [-0.15, -0.1) is 0 Å². The van der Waals surface area contributed by atoms with Crippen molar-refractivity contribution in [1.29, 1.82) is 0 Å². The van der Waals surface area contributed by atoms with E-state index in [0.29, 0.717) is 6.42 Å². The van der Waals surface area contributed by atoms with Gasteiger partial charge in [-0.3, -0.25) is 9.63 Å². The molecular weight excluding hydrogens is 357 g/mol. The Morgan fingerprint density at radius 3 is 2.89 bits per heavy atom. The van der Waals surface area contributed by atoms with Crippen molar-refractivity contribution in [2.75, 3.05) is 18.5 Å². The second-order valence-electron chi connectivity index (χ2n) is 5.59. The Morgan fingerprint density at radius 1 is 1.37 bits per heavy atom. The molecule has 142 valence electrons. The number of benzene rings is 1. The maximum Gasteiger partial charge on any atom is 0.297 e. The highest BCUT2D eigenvalue weighted by molar-refractivity contribution is 5.99. The lowest BCUT2D eigenvalue weighted by Crippen LogP contribution is -2.27. The van der Waals surface area contributed by atoms with Gasteiger partial charge in [-0.1, -0.05) is 13.0 Å². The van der Waals surface area contributed by atoms with Gasteiger partial charge in [-0.25, -0.2) is 19.8 Å². The third-order valence-corrected chi connectivity index (χ3v) is 3.76. The molecule has 0 aliphatic heterocycles. The van der Waals surface area contributed by atoms with Crippen LogP contribution < -0.4 is 10.8 Å². The molecule has 27 heavy (non-hydrogen) atoms. The molecule has 3 aromatic rings. The largest absolute Gasteiger partial charge is 0.493 e. The van der Waals surface area contributed by atoms with Crippen LogP contribution in [0.1, 0.15) is 23.0 Å². The fraction of sp³-hybridized carbons (Fsp3) is 0.235. The zero-order chi connectivity index (χ0) is 19.4. The highest BCUT2D eigenvalue weighted by atomic mass is 19.1. The summed E-state index contributed by atoms with van der Waals surface area (Å²) in [5.41, 5.74) is 3.23. The number of nitrogens with one attached hydrogen (secondary N) is 3. The van der Waals surface area contributed by atoms with Gasteiger partial charge in [-0.05, 0) is 24.1 Å². The second-order valence-corrected chi connectivity index (χ2v) is 5.59. The Kier molecular flexibility index (Phi) is 5.48. The lowest BCUT2D eigenvalue weighted by molar-refractivity contribution is 0.0165. The van der Waals surface area contributed by atoms with Crippen molar-refractivity contribution < 1.29 is 24.2 Å². The average Bonchev–Trinajstić information content (AvgIpc) is 3.03. The van der Waals surface area contributed by atoms with E-state index in [4.69, 9.17) is 9.94 Å². The molecule has 0 radical (unpaired) electrons. The lowest BCUT2D eigenvalue weighted by atomic mass is 10.1. The number of aromatic nitrogens is 3. The Balaban J connectivity index is 1.99. The molecule has 0 unspecified atom stereocenters. The lowest BCUT2D eigenvalue weighted by Gasteiger charge is -2.12. The number of halogens is 1. The maximum atomic E-state index is 14.3. The first-order valence-electron chi connectivity index (χ1n) is 8.20. The van der Waals surface area contributed by atoms with E-state index in [2.05, 4.69) is 25.7 Å². The number of carbonyl (C=O) groups is 1. The van der Waals surface area contributed by atoms with E-state index in [0.717, 1.165) is 5.56 Å². The molecule has 0 spiro atoms. The number of hydrogen-bond donors (Lipinski definition) is 5. The molecule has 0 saturated carbocycles. The van der Waals surface area contributed by atoms with Crippen molar-refractivity contribution in [2.24, 2.45) is 0 Å².